The van der Waals surface area contributed by atoms with Gasteiger partial charge in [-0.25, -0.2) is 0 Å². The molecule has 148 valence electrons. The molecule has 1 heterocycles. The lowest BCUT2D eigenvalue weighted by Gasteiger charge is -2.24. The Kier molecular flexibility index (Phi) is 7.31. The molecule has 0 fully saturated rings. The van der Waals surface area contributed by atoms with Gasteiger partial charge in [-0.2, -0.15) is 4.98 Å². The lowest BCUT2D eigenvalue weighted by molar-refractivity contribution is -0.126. The van der Waals surface area contributed by atoms with Gasteiger partial charge < -0.3 is 15.6 Å². The number of nitrogens with two attached hydrogens (primary N) is 1. The molecule has 0 aliphatic heterocycles. The molecule has 3 aromatic rings. The SMILES string of the molecule is CCc1noc(-c2ccc(CCNC(=O)C(C)(N)c3ccccc3)cc2)n1.Cl. The molecule has 2 aromatic carbocycles. The summed E-state index contributed by atoms with van der Waals surface area (Å²) in [6, 6.07) is 17.3. The molecule has 28 heavy (non-hydrogen) atoms. The summed E-state index contributed by atoms with van der Waals surface area (Å²) in [5.41, 5.74) is 7.94. The highest BCUT2D eigenvalue weighted by molar-refractivity contribution is 5.87. The first-order valence-electron chi connectivity index (χ1n) is 9.05. The Morgan fingerprint density at radius 1 is 1.14 bits per heavy atom. The molecule has 1 atom stereocenters. The summed E-state index contributed by atoms with van der Waals surface area (Å²) in [4.78, 5) is 16.8. The Hall–Kier alpha value is -2.70. The number of hydrogen-bond donors (Lipinski definition) is 2. The van der Waals surface area contributed by atoms with Crippen LogP contribution in [-0.2, 0) is 23.2 Å². The van der Waals surface area contributed by atoms with Crippen molar-refractivity contribution in [2.24, 2.45) is 5.73 Å². The second-order valence-electron chi connectivity index (χ2n) is 6.64. The number of rotatable bonds is 7. The monoisotopic (exact) mass is 400 g/mol. The van der Waals surface area contributed by atoms with Gasteiger partial charge in [-0.05, 0) is 36.6 Å². The number of carbonyl (C=O) groups is 1. The van der Waals surface area contributed by atoms with E-state index in [2.05, 4.69) is 15.5 Å². The van der Waals surface area contributed by atoms with Crippen LogP contribution in [0.2, 0.25) is 0 Å². The summed E-state index contributed by atoms with van der Waals surface area (Å²) < 4.78 is 5.24. The third-order valence-corrected chi connectivity index (χ3v) is 4.53. The van der Waals surface area contributed by atoms with E-state index in [1.165, 1.54) is 0 Å². The van der Waals surface area contributed by atoms with Gasteiger partial charge in [0, 0.05) is 18.5 Å². The molecule has 6 nitrogen and oxygen atoms in total. The summed E-state index contributed by atoms with van der Waals surface area (Å²) in [5, 5.41) is 6.83. The third kappa shape index (κ3) is 4.97. The quantitative estimate of drug-likeness (QED) is 0.634. The van der Waals surface area contributed by atoms with Crippen LogP contribution in [0.5, 0.6) is 0 Å². The van der Waals surface area contributed by atoms with Crippen molar-refractivity contribution < 1.29 is 9.32 Å². The maximum absolute atomic E-state index is 12.5. The molecule has 0 radical (unpaired) electrons. The molecule has 0 spiro atoms. The van der Waals surface area contributed by atoms with E-state index in [0.717, 1.165) is 23.1 Å². The van der Waals surface area contributed by atoms with Crippen LogP contribution in [0.4, 0.5) is 0 Å². The fourth-order valence-corrected chi connectivity index (χ4v) is 2.75. The van der Waals surface area contributed by atoms with Crippen molar-refractivity contribution >= 4 is 18.3 Å². The molecule has 0 saturated carbocycles. The molecule has 1 amide bonds. The molecule has 0 bridgehead atoms. The minimum atomic E-state index is -1.06. The molecule has 7 heteroatoms. The van der Waals surface area contributed by atoms with Crippen molar-refractivity contribution in [2.45, 2.75) is 32.2 Å². The topological polar surface area (TPSA) is 94.0 Å². The van der Waals surface area contributed by atoms with Crippen molar-refractivity contribution in [1.82, 2.24) is 15.5 Å². The third-order valence-electron chi connectivity index (χ3n) is 4.53. The van der Waals surface area contributed by atoms with Crippen LogP contribution >= 0.6 is 12.4 Å². The predicted octanol–water partition coefficient (Wildman–Crippen LogP) is 3.25. The first-order chi connectivity index (χ1) is 13.0. The van der Waals surface area contributed by atoms with Crippen LogP contribution in [0.1, 0.15) is 30.8 Å². The average Bonchev–Trinajstić information content (AvgIpc) is 3.18. The number of carbonyl (C=O) groups excluding carboxylic acids is 1. The van der Waals surface area contributed by atoms with Crippen LogP contribution in [0.3, 0.4) is 0 Å². The summed E-state index contributed by atoms with van der Waals surface area (Å²) in [6.45, 7) is 4.22. The van der Waals surface area contributed by atoms with Crippen LogP contribution in [0.15, 0.2) is 59.1 Å². The molecule has 1 unspecified atom stereocenters. The lowest BCUT2D eigenvalue weighted by atomic mass is 9.92. The number of amides is 1. The van der Waals surface area contributed by atoms with Crippen LogP contribution < -0.4 is 11.1 Å². The van der Waals surface area contributed by atoms with Gasteiger partial charge in [-0.1, -0.05) is 54.5 Å². The highest BCUT2D eigenvalue weighted by Crippen LogP contribution is 2.19. The second kappa shape index (κ2) is 9.48. The molecule has 0 aliphatic carbocycles. The van der Waals surface area contributed by atoms with Gasteiger partial charge in [-0.3, -0.25) is 4.79 Å². The fourth-order valence-electron chi connectivity index (χ4n) is 2.75. The smallest absolute Gasteiger partial charge is 0.257 e. The minimum Gasteiger partial charge on any atom is -0.354 e. The zero-order chi connectivity index (χ0) is 19.3. The van der Waals surface area contributed by atoms with Crippen LogP contribution in [0.25, 0.3) is 11.5 Å². The highest BCUT2D eigenvalue weighted by Gasteiger charge is 2.29. The van der Waals surface area contributed by atoms with Crippen molar-refractivity contribution in [2.75, 3.05) is 6.54 Å². The summed E-state index contributed by atoms with van der Waals surface area (Å²) in [7, 11) is 0. The van der Waals surface area contributed by atoms with Crippen molar-refractivity contribution in [3.63, 3.8) is 0 Å². The Bertz CT molecular complexity index is 892. The van der Waals surface area contributed by atoms with Gasteiger partial charge in [-0.15, -0.1) is 12.4 Å². The second-order valence-corrected chi connectivity index (χ2v) is 6.64. The van der Waals surface area contributed by atoms with E-state index in [1.54, 1.807) is 6.92 Å². The van der Waals surface area contributed by atoms with Gasteiger partial charge in [0.15, 0.2) is 5.82 Å². The predicted molar refractivity (Wildman–Crippen MR) is 111 cm³/mol. The normalized spacial score (nSPS) is 12.7. The fraction of sp³-hybridized carbons (Fsp3) is 0.286. The average molecular weight is 401 g/mol. The number of nitrogens with zero attached hydrogens (tertiary/aromatic N) is 2. The van der Waals surface area contributed by atoms with Crippen LogP contribution in [0, 0.1) is 0 Å². The zero-order valence-corrected chi connectivity index (χ0v) is 16.8. The molecule has 1 aromatic heterocycles. The summed E-state index contributed by atoms with van der Waals surface area (Å²) in [6.07, 6.45) is 1.45. The van der Waals surface area contributed by atoms with Crippen molar-refractivity contribution in [1.29, 1.82) is 0 Å². The number of aryl methyl sites for hydroxylation is 1. The largest absolute Gasteiger partial charge is 0.354 e. The number of aromatic nitrogens is 2. The molecule has 0 saturated heterocycles. The van der Waals surface area contributed by atoms with E-state index >= 15 is 0 Å². The van der Waals surface area contributed by atoms with Gasteiger partial charge in [0.25, 0.3) is 5.89 Å². The maximum atomic E-state index is 12.5. The molecule has 3 N–H and O–H groups in total. The number of hydrogen-bond acceptors (Lipinski definition) is 5. The molecule has 0 aliphatic rings. The Balaban J connectivity index is 0.00000280. The summed E-state index contributed by atoms with van der Waals surface area (Å²) in [5.74, 6) is 1.02. The Labute approximate surface area is 170 Å². The van der Waals surface area contributed by atoms with E-state index in [0.29, 0.717) is 24.7 Å². The van der Waals surface area contributed by atoms with Crippen LogP contribution in [-0.4, -0.2) is 22.6 Å². The van der Waals surface area contributed by atoms with E-state index < -0.39 is 5.54 Å². The zero-order valence-electron chi connectivity index (χ0n) is 16.0. The number of halogens is 1. The number of benzene rings is 2. The van der Waals surface area contributed by atoms with E-state index in [4.69, 9.17) is 10.3 Å². The van der Waals surface area contributed by atoms with Gasteiger partial charge >= 0.3 is 0 Å². The molecular formula is C21H25ClN4O2. The van der Waals surface area contributed by atoms with Gasteiger partial charge in [0.1, 0.15) is 5.54 Å². The first kappa shape index (κ1) is 21.6. The summed E-state index contributed by atoms with van der Waals surface area (Å²) >= 11 is 0. The van der Waals surface area contributed by atoms with Gasteiger partial charge in [0.05, 0.1) is 0 Å². The van der Waals surface area contributed by atoms with E-state index in [-0.39, 0.29) is 18.3 Å². The lowest BCUT2D eigenvalue weighted by Crippen LogP contribution is -2.49. The van der Waals surface area contributed by atoms with Crippen molar-refractivity contribution in [3.05, 3.63) is 71.5 Å². The first-order valence-corrected chi connectivity index (χ1v) is 9.05. The highest BCUT2D eigenvalue weighted by atomic mass is 35.5. The van der Waals surface area contributed by atoms with Crippen molar-refractivity contribution in [3.8, 4) is 11.5 Å². The number of nitrogens with one attached hydrogen (secondary N) is 1. The van der Waals surface area contributed by atoms with E-state index in [1.807, 2.05) is 61.5 Å². The molecular weight excluding hydrogens is 376 g/mol. The van der Waals surface area contributed by atoms with Gasteiger partial charge in [0.2, 0.25) is 5.91 Å². The van der Waals surface area contributed by atoms with E-state index in [9.17, 15) is 4.79 Å². The minimum absolute atomic E-state index is 0. The molecule has 3 rings (SSSR count). The Morgan fingerprint density at radius 3 is 2.43 bits per heavy atom. The Morgan fingerprint density at radius 2 is 1.82 bits per heavy atom. The maximum Gasteiger partial charge on any atom is 0.257 e. The standard InChI is InChI=1S/C21H24N4O2.ClH/c1-3-18-24-19(27-25-18)16-11-9-15(10-12-16)13-14-23-20(26)21(2,22)17-7-5-4-6-8-17;/h4-12H,3,13-14,22H2,1-2H3,(H,23,26);1H.